The van der Waals surface area contributed by atoms with Gasteiger partial charge in [-0.05, 0) is 47.9 Å². The van der Waals surface area contributed by atoms with E-state index in [4.69, 9.17) is 16.0 Å². The number of phenolic OH excluding ortho intramolecular Hbond substituents is 1. The number of carboxylic acid groups (broad SMARTS) is 1. The Morgan fingerprint density at radius 2 is 1.61 bits per heavy atom. The van der Waals surface area contributed by atoms with Crippen molar-refractivity contribution in [2.24, 2.45) is 0 Å². The molecule has 3 aromatic rings. The summed E-state index contributed by atoms with van der Waals surface area (Å²) in [6, 6.07) is 24.7. The molecule has 3 aromatic carbocycles. The number of benzene rings is 4. The SMILES string of the molecule is CC(=O)NC(Cc1ccccc1)C(=O)CCl.O=C(O)c1ccccc1-c1c2ccc(=O)cc-2oc2cc(O)ccc12. The Hall–Kier alpha value is -4.95. The van der Waals surface area contributed by atoms with Gasteiger partial charge in [0, 0.05) is 35.6 Å². The van der Waals surface area contributed by atoms with Crippen molar-refractivity contribution < 1.29 is 29.0 Å². The Morgan fingerprint density at radius 1 is 0.902 bits per heavy atom. The molecule has 0 saturated carbocycles. The smallest absolute Gasteiger partial charge is 0.336 e. The van der Waals surface area contributed by atoms with Gasteiger partial charge in [-0.15, -0.1) is 11.6 Å². The summed E-state index contributed by atoms with van der Waals surface area (Å²) in [6.45, 7) is 1.39. The van der Waals surface area contributed by atoms with Crippen LogP contribution >= 0.6 is 11.6 Å². The lowest BCUT2D eigenvalue weighted by atomic mass is 9.91. The van der Waals surface area contributed by atoms with E-state index in [1.165, 1.54) is 37.3 Å². The number of phenols is 1. The van der Waals surface area contributed by atoms with Crippen LogP contribution in [0.2, 0.25) is 0 Å². The van der Waals surface area contributed by atoms with Gasteiger partial charge in [0.25, 0.3) is 0 Å². The Morgan fingerprint density at radius 3 is 2.29 bits per heavy atom. The number of amides is 1. The highest BCUT2D eigenvalue weighted by Crippen LogP contribution is 2.41. The minimum absolute atomic E-state index is 0.0198. The first kappa shape index (κ1) is 29.0. The number of hydrogen-bond donors (Lipinski definition) is 3. The molecular weight excluding hydrogens is 546 g/mol. The first-order chi connectivity index (χ1) is 19.7. The molecule has 1 unspecified atom stereocenters. The molecule has 9 heteroatoms. The van der Waals surface area contributed by atoms with E-state index in [1.807, 2.05) is 30.3 Å². The number of aromatic hydroxyl groups is 1. The van der Waals surface area contributed by atoms with Crippen LogP contribution in [-0.4, -0.2) is 39.8 Å². The van der Waals surface area contributed by atoms with Crippen LogP contribution in [0.1, 0.15) is 22.8 Å². The number of Topliss-reactive ketones (excluding diaryl/α,β-unsaturated/α-hetero) is 1. The highest BCUT2D eigenvalue weighted by Gasteiger charge is 2.21. The fourth-order valence-corrected chi connectivity index (χ4v) is 4.66. The van der Waals surface area contributed by atoms with Crippen molar-refractivity contribution in [3.05, 3.63) is 112 Å². The number of ketones is 1. The van der Waals surface area contributed by atoms with Crippen LogP contribution in [0.25, 0.3) is 33.4 Å². The topological polar surface area (TPSA) is 134 Å². The Bertz CT molecular complexity index is 1750. The van der Waals surface area contributed by atoms with Crippen molar-refractivity contribution >= 4 is 40.2 Å². The molecule has 41 heavy (non-hydrogen) atoms. The molecule has 2 aliphatic rings. The number of carboxylic acids is 1. The fourth-order valence-electron chi connectivity index (χ4n) is 4.47. The van der Waals surface area contributed by atoms with E-state index < -0.39 is 12.0 Å². The van der Waals surface area contributed by atoms with Crippen LogP contribution in [0, 0.1) is 0 Å². The minimum Gasteiger partial charge on any atom is -0.508 e. The van der Waals surface area contributed by atoms with Crippen molar-refractivity contribution in [3.8, 4) is 28.2 Å². The zero-order valence-electron chi connectivity index (χ0n) is 22.0. The van der Waals surface area contributed by atoms with Crippen molar-refractivity contribution in [1.29, 1.82) is 0 Å². The average Bonchev–Trinajstić information content (AvgIpc) is 2.95. The van der Waals surface area contributed by atoms with E-state index in [-0.39, 0.29) is 34.3 Å². The van der Waals surface area contributed by atoms with E-state index in [2.05, 4.69) is 5.32 Å². The van der Waals surface area contributed by atoms with Gasteiger partial charge < -0.3 is 19.9 Å². The maximum atomic E-state index is 11.7. The second kappa shape index (κ2) is 12.9. The predicted molar refractivity (Wildman–Crippen MR) is 157 cm³/mol. The van der Waals surface area contributed by atoms with E-state index in [0.29, 0.717) is 39.8 Å². The molecule has 208 valence electrons. The number of aromatic carboxylic acids is 1. The molecular formula is C32H26ClNO7. The standard InChI is InChI=1S/C20H12O5.C12H14ClNO2/c21-11-5-7-15-17(9-11)25-18-10-12(22)6-8-16(18)19(15)13-3-1-2-4-14(13)20(23)24;1-9(15)14-11(12(16)8-13)7-10-5-3-2-4-6-10/h1-10,21H,(H,23,24);2-6,11H,7-8H2,1H3,(H,14,15). The largest absolute Gasteiger partial charge is 0.508 e. The summed E-state index contributed by atoms with van der Waals surface area (Å²) in [5.41, 5.74) is 3.10. The van der Waals surface area contributed by atoms with E-state index >= 15 is 0 Å². The van der Waals surface area contributed by atoms with Crippen molar-refractivity contribution in [1.82, 2.24) is 5.32 Å². The summed E-state index contributed by atoms with van der Waals surface area (Å²) in [5.74, 6) is -1.17. The third-order valence-electron chi connectivity index (χ3n) is 6.28. The number of nitrogens with one attached hydrogen (secondary N) is 1. The lowest BCUT2D eigenvalue weighted by Gasteiger charge is -2.16. The van der Waals surface area contributed by atoms with Crippen LogP contribution in [0.3, 0.4) is 0 Å². The van der Waals surface area contributed by atoms with Gasteiger partial charge in [0.15, 0.2) is 11.2 Å². The zero-order chi connectivity index (χ0) is 29.5. The number of carbonyl (C=O) groups excluding carboxylic acids is 2. The molecule has 0 radical (unpaired) electrons. The number of halogens is 1. The van der Waals surface area contributed by atoms with Gasteiger partial charge in [0.2, 0.25) is 5.91 Å². The molecule has 1 atom stereocenters. The summed E-state index contributed by atoms with van der Waals surface area (Å²) >= 11 is 5.50. The minimum atomic E-state index is -1.04. The van der Waals surface area contributed by atoms with Gasteiger partial charge in [0.05, 0.1) is 17.5 Å². The molecule has 1 aliphatic heterocycles. The van der Waals surface area contributed by atoms with Gasteiger partial charge in [-0.1, -0.05) is 48.5 Å². The number of rotatable bonds is 7. The van der Waals surface area contributed by atoms with Crippen LogP contribution in [0.4, 0.5) is 0 Å². The van der Waals surface area contributed by atoms with Gasteiger partial charge >= 0.3 is 5.97 Å². The fraction of sp³-hybridized carbons (Fsp3) is 0.125. The number of carbonyl (C=O) groups is 3. The first-order valence-electron chi connectivity index (χ1n) is 12.6. The highest BCUT2D eigenvalue weighted by molar-refractivity contribution is 6.28. The van der Waals surface area contributed by atoms with Crippen molar-refractivity contribution in [2.45, 2.75) is 19.4 Å². The molecule has 5 rings (SSSR count). The molecule has 0 bridgehead atoms. The molecule has 0 fully saturated rings. The molecule has 1 aliphatic carbocycles. The van der Waals surface area contributed by atoms with Crippen LogP contribution in [-0.2, 0) is 16.0 Å². The molecule has 8 nitrogen and oxygen atoms in total. The molecule has 0 saturated heterocycles. The second-order valence-electron chi connectivity index (χ2n) is 9.21. The monoisotopic (exact) mass is 571 g/mol. The molecule has 0 aromatic heterocycles. The number of fused-ring (bicyclic) bond motifs is 2. The van der Waals surface area contributed by atoms with Gasteiger partial charge in [-0.25, -0.2) is 4.79 Å². The van der Waals surface area contributed by atoms with Crippen LogP contribution < -0.4 is 10.7 Å². The summed E-state index contributed by atoms with van der Waals surface area (Å²) in [6.07, 6.45) is 0.478. The Kier molecular flexibility index (Phi) is 9.16. The summed E-state index contributed by atoms with van der Waals surface area (Å²) in [5, 5.41) is 22.5. The van der Waals surface area contributed by atoms with E-state index in [1.54, 1.807) is 30.3 Å². The maximum absolute atomic E-state index is 11.7. The maximum Gasteiger partial charge on any atom is 0.336 e. The third-order valence-corrected chi connectivity index (χ3v) is 6.55. The second-order valence-corrected chi connectivity index (χ2v) is 9.48. The third kappa shape index (κ3) is 6.98. The van der Waals surface area contributed by atoms with Crippen molar-refractivity contribution in [2.75, 3.05) is 5.88 Å². The van der Waals surface area contributed by atoms with Gasteiger partial charge in [-0.2, -0.15) is 0 Å². The molecule has 0 spiro atoms. The molecule has 1 amide bonds. The first-order valence-corrected chi connectivity index (χ1v) is 13.1. The molecule has 1 heterocycles. The normalized spacial score (nSPS) is 11.4. The van der Waals surface area contributed by atoms with Crippen LogP contribution in [0.15, 0.2) is 100 Å². The van der Waals surface area contributed by atoms with Crippen LogP contribution in [0.5, 0.6) is 5.75 Å². The lowest BCUT2D eigenvalue weighted by molar-refractivity contribution is -0.125. The quantitative estimate of drug-likeness (QED) is 0.173. The Balaban J connectivity index is 0.000000210. The van der Waals surface area contributed by atoms with Crippen molar-refractivity contribution in [3.63, 3.8) is 0 Å². The summed E-state index contributed by atoms with van der Waals surface area (Å²) < 4.78 is 5.76. The highest BCUT2D eigenvalue weighted by atomic mass is 35.5. The van der Waals surface area contributed by atoms with E-state index in [0.717, 1.165) is 5.56 Å². The van der Waals surface area contributed by atoms with Gasteiger partial charge in [0.1, 0.15) is 17.1 Å². The van der Waals surface area contributed by atoms with Gasteiger partial charge in [-0.3, -0.25) is 14.4 Å². The average molecular weight is 572 g/mol. The molecule has 3 N–H and O–H groups in total. The lowest BCUT2D eigenvalue weighted by Crippen LogP contribution is -2.41. The zero-order valence-corrected chi connectivity index (χ0v) is 22.7. The summed E-state index contributed by atoms with van der Waals surface area (Å²) in [4.78, 5) is 45.8. The number of alkyl halides is 1. The summed E-state index contributed by atoms with van der Waals surface area (Å²) in [7, 11) is 0. The van der Waals surface area contributed by atoms with E-state index in [9.17, 15) is 29.4 Å². The Labute approximate surface area is 240 Å². The number of hydrogen-bond acceptors (Lipinski definition) is 6. The predicted octanol–water partition coefficient (Wildman–Crippen LogP) is 5.51.